The van der Waals surface area contributed by atoms with Gasteiger partial charge in [0.1, 0.15) is 12.0 Å². The van der Waals surface area contributed by atoms with Gasteiger partial charge in [0, 0.05) is 11.3 Å². The first kappa shape index (κ1) is 17.4. The molecule has 4 rings (SSSR count). The summed E-state index contributed by atoms with van der Waals surface area (Å²) < 4.78 is 16.7. The van der Waals surface area contributed by atoms with Gasteiger partial charge in [0.15, 0.2) is 0 Å². The first-order valence-corrected chi connectivity index (χ1v) is 9.32. The Balaban J connectivity index is 1.44. The molecule has 0 aliphatic carbocycles. The monoisotopic (exact) mass is 379 g/mol. The number of oxazole rings is 1. The third-order valence-electron chi connectivity index (χ3n) is 3.94. The smallest absolute Gasteiger partial charge is 0.277 e. The molecule has 0 amide bonds. The molecule has 0 radical (unpaired) electrons. The summed E-state index contributed by atoms with van der Waals surface area (Å²) >= 11 is 1.41. The molecule has 0 spiro atoms. The summed E-state index contributed by atoms with van der Waals surface area (Å²) in [6.45, 7) is 2.05. The van der Waals surface area contributed by atoms with E-state index >= 15 is 0 Å². The number of aromatic nitrogens is 3. The molecule has 0 fully saturated rings. The molecule has 0 aliphatic heterocycles. The largest absolute Gasteiger partial charge is 0.496 e. The van der Waals surface area contributed by atoms with Crippen LogP contribution in [-0.4, -0.2) is 22.3 Å². The normalized spacial score (nSPS) is 10.9. The average Bonchev–Trinajstić information content (AvgIpc) is 3.36. The van der Waals surface area contributed by atoms with E-state index in [1.807, 2.05) is 55.5 Å². The fourth-order valence-corrected chi connectivity index (χ4v) is 3.18. The minimum atomic E-state index is 0.426. The Morgan fingerprint density at radius 2 is 1.81 bits per heavy atom. The van der Waals surface area contributed by atoms with Gasteiger partial charge in [-0.25, -0.2) is 4.98 Å². The van der Waals surface area contributed by atoms with Crippen LogP contribution < -0.4 is 4.74 Å². The number of hydrogen-bond donors (Lipinski definition) is 0. The first-order valence-electron chi connectivity index (χ1n) is 8.34. The van der Waals surface area contributed by atoms with E-state index in [1.54, 1.807) is 13.4 Å². The Morgan fingerprint density at radius 1 is 1.00 bits per heavy atom. The SMILES string of the molecule is COc1ccccc1-c1nnc(SCc2coc(-c3ccc(C)cc3)n2)o1. The summed E-state index contributed by atoms with van der Waals surface area (Å²) in [6.07, 6.45) is 1.65. The third kappa shape index (κ3) is 3.88. The highest BCUT2D eigenvalue weighted by molar-refractivity contribution is 7.98. The number of benzene rings is 2. The molecular formula is C20H17N3O3S. The molecule has 136 valence electrons. The minimum Gasteiger partial charge on any atom is -0.496 e. The van der Waals surface area contributed by atoms with E-state index < -0.39 is 0 Å². The Labute approximate surface area is 160 Å². The van der Waals surface area contributed by atoms with Crippen molar-refractivity contribution in [2.24, 2.45) is 0 Å². The predicted octanol–water partition coefficient (Wildman–Crippen LogP) is 5.00. The Morgan fingerprint density at radius 3 is 2.63 bits per heavy atom. The van der Waals surface area contributed by atoms with Crippen LogP contribution in [0, 0.1) is 6.92 Å². The molecule has 27 heavy (non-hydrogen) atoms. The van der Waals surface area contributed by atoms with Crippen LogP contribution in [0.5, 0.6) is 5.75 Å². The summed E-state index contributed by atoms with van der Waals surface area (Å²) in [6, 6.07) is 15.6. The molecular weight excluding hydrogens is 362 g/mol. The van der Waals surface area contributed by atoms with E-state index in [4.69, 9.17) is 13.6 Å². The van der Waals surface area contributed by atoms with Crippen molar-refractivity contribution < 1.29 is 13.6 Å². The van der Waals surface area contributed by atoms with E-state index in [0.29, 0.717) is 28.5 Å². The quantitative estimate of drug-likeness (QED) is 0.436. The van der Waals surface area contributed by atoms with Crippen molar-refractivity contribution in [1.29, 1.82) is 0 Å². The van der Waals surface area contributed by atoms with Gasteiger partial charge in [-0.2, -0.15) is 0 Å². The van der Waals surface area contributed by atoms with Crippen molar-refractivity contribution in [2.75, 3.05) is 7.11 Å². The number of hydrogen-bond acceptors (Lipinski definition) is 7. The molecule has 0 bridgehead atoms. The zero-order valence-corrected chi connectivity index (χ0v) is 15.7. The fraction of sp³-hybridized carbons (Fsp3) is 0.150. The zero-order chi connectivity index (χ0) is 18.6. The van der Waals surface area contributed by atoms with E-state index in [9.17, 15) is 0 Å². The lowest BCUT2D eigenvalue weighted by Crippen LogP contribution is -1.87. The van der Waals surface area contributed by atoms with Crippen molar-refractivity contribution in [2.45, 2.75) is 17.9 Å². The summed E-state index contributed by atoms with van der Waals surface area (Å²) in [5.74, 6) is 2.29. The van der Waals surface area contributed by atoms with Gasteiger partial charge in [-0.15, -0.1) is 10.2 Å². The molecule has 0 N–H and O–H groups in total. The van der Waals surface area contributed by atoms with Gasteiger partial charge in [0.05, 0.1) is 18.4 Å². The predicted molar refractivity (Wildman–Crippen MR) is 103 cm³/mol. The molecule has 0 saturated carbocycles. The lowest BCUT2D eigenvalue weighted by molar-refractivity contribution is 0.411. The highest BCUT2D eigenvalue weighted by Gasteiger charge is 2.14. The van der Waals surface area contributed by atoms with Crippen molar-refractivity contribution in [3.05, 3.63) is 66.1 Å². The maximum atomic E-state index is 5.74. The number of aryl methyl sites for hydroxylation is 1. The Hall–Kier alpha value is -3.06. The van der Waals surface area contributed by atoms with Gasteiger partial charge in [0.2, 0.25) is 5.89 Å². The summed E-state index contributed by atoms with van der Waals surface area (Å²) in [7, 11) is 1.61. The molecule has 0 unspecified atom stereocenters. The van der Waals surface area contributed by atoms with E-state index in [1.165, 1.54) is 17.3 Å². The standard InChI is InChI=1S/C20H17N3O3S/c1-13-7-9-14(10-8-13)18-21-15(11-25-18)12-27-20-23-22-19(26-20)16-5-3-4-6-17(16)24-2/h3-11H,12H2,1-2H3. The van der Waals surface area contributed by atoms with Crippen LogP contribution in [0.3, 0.4) is 0 Å². The maximum absolute atomic E-state index is 5.74. The zero-order valence-electron chi connectivity index (χ0n) is 14.9. The first-order chi connectivity index (χ1) is 13.2. The second kappa shape index (κ2) is 7.67. The van der Waals surface area contributed by atoms with Crippen LogP contribution in [0.25, 0.3) is 22.9 Å². The number of methoxy groups -OCH3 is 1. The van der Waals surface area contributed by atoms with E-state index in [2.05, 4.69) is 15.2 Å². The van der Waals surface area contributed by atoms with Gasteiger partial charge < -0.3 is 13.6 Å². The van der Waals surface area contributed by atoms with Crippen molar-refractivity contribution in [3.63, 3.8) is 0 Å². The molecule has 2 aromatic carbocycles. The van der Waals surface area contributed by atoms with Gasteiger partial charge >= 0.3 is 0 Å². The van der Waals surface area contributed by atoms with Crippen LogP contribution >= 0.6 is 11.8 Å². The Kier molecular flexibility index (Phi) is 4.93. The van der Waals surface area contributed by atoms with Crippen molar-refractivity contribution >= 4 is 11.8 Å². The number of rotatable bonds is 6. The van der Waals surface area contributed by atoms with Crippen LogP contribution in [0.2, 0.25) is 0 Å². The van der Waals surface area contributed by atoms with Crippen molar-refractivity contribution in [1.82, 2.24) is 15.2 Å². The highest BCUT2D eigenvalue weighted by Crippen LogP contribution is 2.31. The molecule has 7 heteroatoms. The molecule has 2 aromatic heterocycles. The number of thioether (sulfide) groups is 1. The number of para-hydroxylation sites is 1. The van der Waals surface area contributed by atoms with Gasteiger partial charge in [-0.05, 0) is 31.2 Å². The highest BCUT2D eigenvalue weighted by atomic mass is 32.2. The van der Waals surface area contributed by atoms with Gasteiger partial charge in [0.25, 0.3) is 11.1 Å². The topological polar surface area (TPSA) is 74.2 Å². The Bertz CT molecular complexity index is 1040. The molecule has 2 heterocycles. The number of ether oxygens (including phenoxy) is 1. The minimum absolute atomic E-state index is 0.426. The van der Waals surface area contributed by atoms with Crippen LogP contribution in [0.15, 0.2) is 68.9 Å². The van der Waals surface area contributed by atoms with Gasteiger partial charge in [-0.1, -0.05) is 41.6 Å². The van der Waals surface area contributed by atoms with Crippen LogP contribution in [0.4, 0.5) is 0 Å². The van der Waals surface area contributed by atoms with E-state index in [-0.39, 0.29) is 0 Å². The van der Waals surface area contributed by atoms with Crippen LogP contribution in [-0.2, 0) is 5.75 Å². The molecule has 0 aliphatic rings. The third-order valence-corrected chi connectivity index (χ3v) is 4.79. The summed E-state index contributed by atoms with van der Waals surface area (Å²) in [4.78, 5) is 4.52. The van der Waals surface area contributed by atoms with E-state index in [0.717, 1.165) is 16.8 Å². The molecule has 4 aromatic rings. The molecule has 6 nitrogen and oxygen atoms in total. The second-order valence-corrected chi connectivity index (χ2v) is 6.80. The fourth-order valence-electron chi connectivity index (χ4n) is 2.54. The molecule has 0 saturated heterocycles. The summed E-state index contributed by atoms with van der Waals surface area (Å²) in [5.41, 5.74) is 3.73. The number of nitrogens with zero attached hydrogens (tertiary/aromatic N) is 3. The lowest BCUT2D eigenvalue weighted by atomic mass is 10.1. The van der Waals surface area contributed by atoms with Gasteiger partial charge in [-0.3, -0.25) is 0 Å². The molecule has 0 atom stereocenters. The summed E-state index contributed by atoms with van der Waals surface area (Å²) in [5, 5.41) is 8.67. The van der Waals surface area contributed by atoms with Crippen molar-refractivity contribution in [3.8, 4) is 28.7 Å². The lowest BCUT2D eigenvalue weighted by Gasteiger charge is -2.03. The van der Waals surface area contributed by atoms with Crippen LogP contribution in [0.1, 0.15) is 11.3 Å². The second-order valence-electron chi connectivity index (χ2n) is 5.87. The maximum Gasteiger partial charge on any atom is 0.277 e. The average molecular weight is 379 g/mol.